The molecule has 3 unspecified atom stereocenters. The minimum absolute atomic E-state index is 0.0230. The maximum atomic E-state index is 12.5. The van der Waals surface area contributed by atoms with E-state index in [4.69, 9.17) is 4.74 Å². The van der Waals surface area contributed by atoms with E-state index in [-0.39, 0.29) is 28.5 Å². The molecule has 1 aromatic carbocycles. The molecule has 2 N–H and O–H groups in total. The van der Waals surface area contributed by atoms with Crippen LogP contribution in [0.1, 0.15) is 71.6 Å². The summed E-state index contributed by atoms with van der Waals surface area (Å²) in [7, 11) is 0. The van der Waals surface area contributed by atoms with Gasteiger partial charge in [0.05, 0.1) is 10.8 Å². The van der Waals surface area contributed by atoms with Crippen LogP contribution in [-0.2, 0) is 9.53 Å². The lowest BCUT2D eigenvalue weighted by molar-refractivity contribution is -0.384. The Labute approximate surface area is 206 Å². The van der Waals surface area contributed by atoms with Crippen LogP contribution in [0.2, 0.25) is 0 Å². The minimum atomic E-state index is -0.613. The lowest BCUT2D eigenvalue weighted by Gasteiger charge is -2.60. The molecular formula is C27H36N2O6. The Morgan fingerprint density at radius 2 is 1.69 bits per heavy atom. The van der Waals surface area contributed by atoms with E-state index in [1.807, 2.05) is 0 Å². The van der Waals surface area contributed by atoms with Gasteiger partial charge in [-0.05, 0) is 104 Å². The molecule has 0 spiro atoms. The predicted octanol–water partition coefficient (Wildman–Crippen LogP) is 6.26. The molecule has 0 aliphatic heterocycles. The number of ether oxygens (including phenoxy) is 1. The Morgan fingerprint density at radius 1 is 1.00 bits per heavy atom. The van der Waals surface area contributed by atoms with Crippen molar-refractivity contribution in [2.75, 3.05) is 5.32 Å². The molecule has 5 rings (SSSR count). The SMILES string of the molecule is C[C@]12CCC(OC(=O)Nc3ccc([N+](=O)[O-])cc3)CC1CC[C@@H]1[C@@H]2CC[C@]2(C)C(C(=O)O)CC[C@@H]12. The highest BCUT2D eigenvalue weighted by molar-refractivity contribution is 5.84. The maximum absolute atomic E-state index is 12.5. The number of anilines is 1. The Morgan fingerprint density at radius 3 is 2.37 bits per heavy atom. The van der Waals surface area contributed by atoms with Crippen LogP contribution in [0.3, 0.4) is 0 Å². The van der Waals surface area contributed by atoms with E-state index in [0.717, 1.165) is 57.8 Å². The number of hydrogen-bond donors (Lipinski definition) is 2. The van der Waals surface area contributed by atoms with Gasteiger partial charge in [-0.25, -0.2) is 4.79 Å². The number of benzene rings is 1. The largest absolute Gasteiger partial charge is 0.481 e. The first-order valence-electron chi connectivity index (χ1n) is 13.1. The van der Waals surface area contributed by atoms with Crippen molar-refractivity contribution in [2.24, 2.45) is 40.4 Å². The summed E-state index contributed by atoms with van der Waals surface area (Å²) in [5, 5.41) is 23.3. The van der Waals surface area contributed by atoms with Crippen LogP contribution >= 0.6 is 0 Å². The highest BCUT2D eigenvalue weighted by Crippen LogP contribution is 2.67. The van der Waals surface area contributed by atoms with Gasteiger partial charge in [0.15, 0.2) is 0 Å². The summed E-state index contributed by atoms with van der Waals surface area (Å²) in [6.45, 7) is 4.68. The average molecular weight is 485 g/mol. The van der Waals surface area contributed by atoms with Crippen LogP contribution in [0.25, 0.3) is 0 Å². The Hall–Kier alpha value is -2.64. The number of non-ortho nitro benzene ring substituents is 1. The number of hydrogen-bond acceptors (Lipinski definition) is 5. The molecule has 8 nitrogen and oxygen atoms in total. The van der Waals surface area contributed by atoms with Gasteiger partial charge in [-0.2, -0.15) is 0 Å². The van der Waals surface area contributed by atoms with Gasteiger partial charge in [0.2, 0.25) is 0 Å². The van der Waals surface area contributed by atoms with Gasteiger partial charge in [0.1, 0.15) is 6.10 Å². The Bertz CT molecular complexity index is 1010. The molecule has 1 aromatic rings. The van der Waals surface area contributed by atoms with Crippen LogP contribution in [0.5, 0.6) is 0 Å². The monoisotopic (exact) mass is 484 g/mol. The standard InChI is InChI=1S/C27H36N2O6/c1-26-13-11-19(35-25(32)28-17-4-6-18(7-5-17)29(33)34)15-16(26)3-8-20-21-9-10-23(24(30)31)27(21,2)14-12-22(20)26/h4-7,16,19-23H,3,8-15H2,1-2H3,(H,28,32)(H,30,31)/t16?,19?,20-,21-,22-,23?,26-,27-/m0/s1. The van der Waals surface area contributed by atoms with Crippen molar-refractivity contribution in [3.63, 3.8) is 0 Å². The molecule has 190 valence electrons. The van der Waals surface area contributed by atoms with Gasteiger partial charge in [0.25, 0.3) is 5.69 Å². The molecule has 0 heterocycles. The molecule has 4 saturated carbocycles. The summed E-state index contributed by atoms with van der Waals surface area (Å²) in [4.78, 5) is 34.8. The molecular weight excluding hydrogens is 448 g/mol. The zero-order valence-corrected chi connectivity index (χ0v) is 20.6. The summed E-state index contributed by atoms with van der Waals surface area (Å²) in [6.07, 6.45) is 8.35. The third-order valence-corrected chi connectivity index (χ3v) is 10.5. The average Bonchev–Trinajstić information content (AvgIpc) is 3.17. The van der Waals surface area contributed by atoms with Gasteiger partial charge < -0.3 is 9.84 Å². The minimum Gasteiger partial charge on any atom is -0.481 e. The molecule has 4 aliphatic rings. The molecule has 0 aromatic heterocycles. The fraction of sp³-hybridized carbons (Fsp3) is 0.704. The van der Waals surface area contributed by atoms with E-state index in [2.05, 4.69) is 19.2 Å². The van der Waals surface area contributed by atoms with Gasteiger partial charge in [-0.1, -0.05) is 13.8 Å². The molecule has 0 saturated heterocycles. The van der Waals surface area contributed by atoms with Crippen molar-refractivity contribution < 1.29 is 24.4 Å². The highest BCUT2D eigenvalue weighted by Gasteiger charge is 2.61. The molecule has 8 heteroatoms. The quantitative estimate of drug-likeness (QED) is 0.385. The number of rotatable bonds is 4. The van der Waals surface area contributed by atoms with E-state index in [1.54, 1.807) is 0 Å². The molecule has 0 bridgehead atoms. The van der Waals surface area contributed by atoms with Crippen LogP contribution in [-0.4, -0.2) is 28.2 Å². The molecule has 4 aliphatic carbocycles. The fourth-order valence-corrected chi connectivity index (χ4v) is 8.70. The van der Waals surface area contributed by atoms with Crippen molar-refractivity contribution in [3.8, 4) is 0 Å². The number of nitro groups is 1. The topological polar surface area (TPSA) is 119 Å². The number of aliphatic carboxylic acids is 1. The van der Waals surface area contributed by atoms with Gasteiger partial charge >= 0.3 is 12.1 Å². The fourth-order valence-electron chi connectivity index (χ4n) is 8.70. The normalized spacial score (nSPS) is 40.1. The summed E-state index contributed by atoms with van der Waals surface area (Å²) < 4.78 is 5.78. The van der Waals surface area contributed by atoms with Gasteiger partial charge in [-0.3, -0.25) is 20.2 Å². The molecule has 35 heavy (non-hydrogen) atoms. The maximum Gasteiger partial charge on any atom is 0.411 e. The zero-order valence-electron chi connectivity index (χ0n) is 20.6. The number of carbonyl (C=O) groups excluding carboxylic acids is 1. The smallest absolute Gasteiger partial charge is 0.411 e. The number of amides is 1. The predicted molar refractivity (Wildman–Crippen MR) is 130 cm³/mol. The van der Waals surface area contributed by atoms with Crippen LogP contribution in [0.4, 0.5) is 16.2 Å². The third kappa shape index (κ3) is 4.08. The third-order valence-electron chi connectivity index (χ3n) is 10.5. The number of nitrogens with one attached hydrogen (secondary N) is 1. The first-order chi connectivity index (χ1) is 16.6. The summed E-state index contributed by atoms with van der Waals surface area (Å²) in [5.41, 5.74) is 0.612. The molecule has 0 radical (unpaired) electrons. The van der Waals surface area contributed by atoms with Crippen molar-refractivity contribution in [1.82, 2.24) is 0 Å². The lowest BCUT2D eigenvalue weighted by Crippen LogP contribution is -2.54. The summed E-state index contributed by atoms with van der Waals surface area (Å²) in [6, 6.07) is 5.73. The van der Waals surface area contributed by atoms with Gasteiger partial charge in [-0.15, -0.1) is 0 Å². The summed E-state index contributed by atoms with van der Waals surface area (Å²) >= 11 is 0. The Balaban J connectivity index is 1.21. The molecule has 8 atom stereocenters. The summed E-state index contributed by atoms with van der Waals surface area (Å²) in [5.74, 6) is 1.46. The van der Waals surface area contributed by atoms with Crippen molar-refractivity contribution >= 4 is 23.4 Å². The Kier molecular flexibility index (Phi) is 6.04. The second-order valence-electron chi connectivity index (χ2n) is 11.9. The number of nitrogens with zero attached hydrogens (tertiary/aromatic N) is 1. The first-order valence-corrected chi connectivity index (χ1v) is 13.1. The number of carboxylic acids is 1. The zero-order chi connectivity index (χ0) is 25.0. The number of nitro benzene ring substituents is 1. The van der Waals surface area contributed by atoms with Crippen LogP contribution < -0.4 is 5.32 Å². The lowest BCUT2D eigenvalue weighted by atomic mass is 9.44. The first kappa shape index (κ1) is 24.1. The van der Waals surface area contributed by atoms with Crippen molar-refractivity contribution in [3.05, 3.63) is 34.4 Å². The van der Waals surface area contributed by atoms with Gasteiger partial charge in [0, 0.05) is 17.8 Å². The highest BCUT2D eigenvalue weighted by atomic mass is 16.6. The number of carboxylic acid groups (broad SMARTS) is 1. The van der Waals surface area contributed by atoms with Crippen molar-refractivity contribution in [2.45, 2.75) is 77.7 Å². The second-order valence-corrected chi connectivity index (χ2v) is 11.9. The van der Waals surface area contributed by atoms with E-state index in [9.17, 15) is 24.8 Å². The number of carbonyl (C=O) groups is 2. The van der Waals surface area contributed by atoms with Crippen LogP contribution in [0, 0.1) is 50.5 Å². The van der Waals surface area contributed by atoms with Crippen LogP contribution in [0.15, 0.2) is 24.3 Å². The van der Waals surface area contributed by atoms with E-state index in [1.165, 1.54) is 24.3 Å². The number of fused-ring (bicyclic) bond motifs is 5. The van der Waals surface area contributed by atoms with E-state index >= 15 is 0 Å². The molecule has 1 amide bonds. The second kappa shape index (κ2) is 8.79. The van der Waals surface area contributed by atoms with E-state index < -0.39 is 17.0 Å². The van der Waals surface area contributed by atoms with E-state index in [0.29, 0.717) is 29.4 Å². The van der Waals surface area contributed by atoms with Crippen molar-refractivity contribution in [1.29, 1.82) is 0 Å². The molecule has 4 fully saturated rings.